The molecule has 1 aliphatic heterocycles. The lowest BCUT2D eigenvalue weighted by Gasteiger charge is -2.28. The predicted octanol–water partition coefficient (Wildman–Crippen LogP) is 4.84. The molecular formula is C24H22Br2N2O3. The predicted molar refractivity (Wildman–Crippen MR) is 127 cm³/mol. The lowest BCUT2D eigenvalue weighted by molar-refractivity contribution is -0.123. The summed E-state index contributed by atoms with van der Waals surface area (Å²) in [4.78, 5) is 41.1. The zero-order valence-corrected chi connectivity index (χ0v) is 20.3. The number of hydrogen-bond acceptors (Lipinski definition) is 3. The Balaban J connectivity index is 1.42. The van der Waals surface area contributed by atoms with Crippen LogP contribution in [0, 0.1) is 37.5 Å². The molecule has 160 valence electrons. The average Bonchev–Trinajstić information content (AvgIpc) is 3.36. The fraction of sp³-hybridized carbons (Fsp3) is 0.375. The van der Waals surface area contributed by atoms with Crippen molar-refractivity contribution in [3.8, 4) is 0 Å². The number of halogens is 2. The smallest absolute Gasteiger partial charge is 0.255 e. The van der Waals surface area contributed by atoms with Crippen LogP contribution in [0.3, 0.4) is 0 Å². The number of imide groups is 1. The third kappa shape index (κ3) is 3.11. The van der Waals surface area contributed by atoms with Gasteiger partial charge in [0.05, 0.1) is 17.5 Å². The Kier molecular flexibility index (Phi) is 5.09. The number of carbonyl (C=O) groups excluding carboxylic acids is 3. The van der Waals surface area contributed by atoms with Crippen molar-refractivity contribution in [1.82, 2.24) is 0 Å². The van der Waals surface area contributed by atoms with Gasteiger partial charge >= 0.3 is 0 Å². The van der Waals surface area contributed by atoms with Crippen molar-refractivity contribution in [2.75, 3.05) is 10.2 Å². The molecule has 1 heterocycles. The molecule has 5 rings (SSSR count). The van der Waals surface area contributed by atoms with Crippen molar-refractivity contribution >= 4 is 61.0 Å². The zero-order chi connectivity index (χ0) is 22.0. The highest BCUT2D eigenvalue weighted by Crippen LogP contribution is 2.60. The van der Waals surface area contributed by atoms with E-state index in [4.69, 9.17) is 0 Å². The highest BCUT2D eigenvalue weighted by atomic mass is 79.9. The van der Waals surface area contributed by atoms with Crippen molar-refractivity contribution in [3.63, 3.8) is 0 Å². The van der Waals surface area contributed by atoms with Crippen molar-refractivity contribution in [2.24, 2.45) is 23.7 Å². The SMILES string of the molecule is Cc1cccc(NC(=O)c2cccc(N3C(=O)[C@@H]4[C@H]5C[C@@H]([C@H](Br)[C@H]5Br)[C@H]4C3=O)c2)c1C. The van der Waals surface area contributed by atoms with E-state index in [1.807, 2.05) is 32.0 Å². The van der Waals surface area contributed by atoms with Crippen LogP contribution in [-0.2, 0) is 9.59 Å². The van der Waals surface area contributed by atoms with Crippen molar-refractivity contribution in [3.05, 3.63) is 59.2 Å². The van der Waals surface area contributed by atoms with Crippen LogP contribution in [-0.4, -0.2) is 27.4 Å². The van der Waals surface area contributed by atoms with E-state index in [9.17, 15) is 14.4 Å². The van der Waals surface area contributed by atoms with Crippen LogP contribution in [0.15, 0.2) is 42.5 Å². The Bertz CT molecular complexity index is 1090. The molecule has 0 spiro atoms. The number of fused-ring (bicyclic) bond motifs is 5. The van der Waals surface area contributed by atoms with Crippen LogP contribution < -0.4 is 10.2 Å². The maximum atomic E-state index is 13.3. The zero-order valence-electron chi connectivity index (χ0n) is 17.1. The van der Waals surface area contributed by atoms with Gasteiger partial charge in [0.1, 0.15) is 0 Å². The van der Waals surface area contributed by atoms with Crippen LogP contribution in [0.4, 0.5) is 11.4 Å². The Morgan fingerprint density at radius 3 is 2.23 bits per heavy atom. The minimum atomic E-state index is -0.275. The van der Waals surface area contributed by atoms with Crippen LogP contribution in [0.1, 0.15) is 27.9 Å². The van der Waals surface area contributed by atoms with E-state index in [0.717, 1.165) is 23.2 Å². The standard InChI is InChI=1S/C24H22Br2N2O3/c1-11-5-3-8-17(12(11)2)27-22(29)13-6-4-7-14(9-13)28-23(30)18-15-10-16(19(18)24(28)31)21(26)20(15)25/h3-9,15-16,18-21H,10H2,1-2H3,(H,27,29)/t15-,16-,18-,19-,20+,21+/m1/s1. The van der Waals surface area contributed by atoms with Gasteiger partial charge in [0.2, 0.25) is 11.8 Å². The van der Waals surface area contributed by atoms with Crippen LogP contribution in [0.25, 0.3) is 0 Å². The van der Waals surface area contributed by atoms with E-state index in [0.29, 0.717) is 11.3 Å². The molecule has 2 bridgehead atoms. The number of amides is 3. The Morgan fingerprint density at radius 2 is 1.58 bits per heavy atom. The van der Waals surface area contributed by atoms with Gasteiger partial charge in [0.25, 0.3) is 5.91 Å². The monoisotopic (exact) mass is 544 g/mol. The van der Waals surface area contributed by atoms with Gasteiger partial charge in [-0.1, -0.05) is 50.1 Å². The van der Waals surface area contributed by atoms with Crippen molar-refractivity contribution < 1.29 is 14.4 Å². The van der Waals surface area contributed by atoms with Gasteiger partial charge < -0.3 is 5.32 Å². The molecule has 5 nitrogen and oxygen atoms in total. The normalized spacial score (nSPS) is 31.3. The second kappa shape index (κ2) is 7.55. The van der Waals surface area contributed by atoms with E-state index in [-0.39, 0.29) is 51.0 Å². The van der Waals surface area contributed by atoms with Crippen molar-refractivity contribution in [2.45, 2.75) is 29.9 Å². The fourth-order valence-corrected chi connectivity index (χ4v) is 7.34. The molecule has 1 N–H and O–H groups in total. The van der Waals surface area contributed by atoms with Gasteiger partial charge in [0.15, 0.2) is 0 Å². The summed E-state index contributed by atoms with van der Waals surface area (Å²) in [5, 5.41) is 2.94. The number of benzene rings is 2. The Morgan fingerprint density at radius 1 is 0.968 bits per heavy atom. The first kappa shape index (κ1) is 20.9. The molecular weight excluding hydrogens is 524 g/mol. The van der Waals surface area contributed by atoms with E-state index in [1.54, 1.807) is 24.3 Å². The summed E-state index contributed by atoms with van der Waals surface area (Å²) in [6, 6.07) is 12.5. The van der Waals surface area contributed by atoms with Gasteiger partial charge in [-0.15, -0.1) is 0 Å². The third-order valence-electron chi connectivity index (χ3n) is 7.21. The lowest BCUT2D eigenvalue weighted by Crippen LogP contribution is -2.37. The van der Waals surface area contributed by atoms with E-state index >= 15 is 0 Å². The molecule has 3 amide bonds. The maximum absolute atomic E-state index is 13.3. The summed E-state index contributed by atoms with van der Waals surface area (Å²) in [6.45, 7) is 3.96. The van der Waals surface area contributed by atoms with Gasteiger partial charge in [0, 0.05) is 20.9 Å². The molecule has 0 aromatic heterocycles. The average molecular weight is 546 g/mol. The Labute approximate surface area is 197 Å². The highest BCUT2D eigenvalue weighted by Gasteiger charge is 2.66. The molecule has 2 aromatic carbocycles. The minimum absolute atomic E-state index is 0.140. The lowest BCUT2D eigenvalue weighted by atomic mass is 9.81. The van der Waals surface area contributed by atoms with Gasteiger partial charge in [-0.25, -0.2) is 0 Å². The number of nitrogens with one attached hydrogen (secondary N) is 1. The third-order valence-corrected chi connectivity index (χ3v) is 10.4. The fourth-order valence-electron chi connectivity index (χ4n) is 5.47. The Hall–Kier alpha value is -1.99. The van der Waals surface area contributed by atoms with Gasteiger partial charge in [-0.05, 0) is 67.5 Å². The number of rotatable bonds is 3. The maximum Gasteiger partial charge on any atom is 0.255 e. The molecule has 2 saturated carbocycles. The highest BCUT2D eigenvalue weighted by molar-refractivity contribution is 9.12. The first-order chi connectivity index (χ1) is 14.8. The number of alkyl halides is 2. The second-order valence-corrected chi connectivity index (χ2v) is 10.9. The first-order valence-corrected chi connectivity index (χ1v) is 12.3. The van der Waals surface area contributed by atoms with E-state index in [2.05, 4.69) is 37.2 Å². The number of nitrogens with zero attached hydrogens (tertiary/aromatic N) is 1. The number of aryl methyl sites for hydroxylation is 1. The second-order valence-electron chi connectivity index (χ2n) is 8.77. The number of hydrogen-bond donors (Lipinski definition) is 1. The molecule has 0 unspecified atom stereocenters. The number of carbonyl (C=O) groups is 3. The van der Waals surface area contributed by atoms with Crippen LogP contribution in [0.5, 0.6) is 0 Å². The summed E-state index contributed by atoms with van der Waals surface area (Å²) >= 11 is 7.42. The molecule has 1 saturated heterocycles. The molecule has 31 heavy (non-hydrogen) atoms. The van der Waals surface area contributed by atoms with Crippen LogP contribution >= 0.6 is 31.9 Å². The first-order valence-electron chi connectivity index (χ1n) is 10.4. The molecule has 3 fully saturated rings. The summed E-state index contributed by atoms with van der Waals surface area (Å²) in [6.07, 6.45) is 0.894. The van der Waals surface area contributed by atoms with Crippen molar-refractivity contribution in [1.29, 1.82) is 0 Å². The summed E-state index contributed by atoms with van der Waals surface area (Å²) in [5.41, 5.74) is 3.73. The molecule has 0 radical (unpaired) electrons. The van der Waals surface area contributed by atoms with Crippen LogP contribution in [0.2, 0.25) is 0 Å². The molecule has 7 heteroatoms. The summed E-state index contributed by atoms with van der Waals surface area (Å²) in [7, 11) is 0. The summed E-state index contributed by atoms with van der Waals surface area (Å²) in [5.74, 6) is -0.771. The quantitative estimate of drug-likeness (QED) is 0.443. The minimum Gasteiger partial charge on any atom is -0.322 e. The largest absolute Gasteiger partial charge is 0.322 e. The van der Waals surface area contributed by atoms with Gasteiger partial charge in [-0.2, -0.15) is 0 Å². The number of anilines is 2. The molecule has 3 aliphatic rings. The topological polar surface area (TPSA) is 66.5 Å². The van der Waals surface area contributed by atoms with E-state index < -0.39 is 0 Å². The molecule has 2 aromatic rings. The van der Waals surface area contributed by atoms with Gasteiger partial charge in [-0.3, -0.25) is 19.3 Å². The van der Waals surface area contributed by atoms with E-state index in [1.165, 1.54) is 4.90 Å². The molecule has 2 aliphatic carbocycles. The molecule has 6 atom stereocenters. The summed E-state index contributed by atoms with van der Waals surface area (Å²) < 4.78 is 0.